The topological polar surface area (TPSA) is 35.5 Å². The molecule has 3 nitrogen and oxygen atoms in total. The molecule has 5 aromatic rings. The molecule has 0 saturated carbocycles. The van der Waals surface area contributed by atoms with Crippen LogP contribution in [0.3, 0.4) is 0 Å². The van der Waals surface area contributed by atoms with Crippen LogP contribution in [-0.4, -0.2) is 12.6 Å². The minimum absolute atomic E-state index is 0.0980. The molecule has 0 fully saturated rings. The number of thiophene rings is 2. The third kappa shape index (κ3) is 4.33. The smallest absolute Gasteiger partial charge is 0.344 e. The molecule has 0 radical (unpaired) electrons. The summed E-state index contributed by atoms with van der Waals surface area (Å²) in [6.07, 6.45) is 0. The van der Waals surface area contributed by atoms with E-state index in [1.54, 1.807) is 11.3 Å². The van der Waals surface area contributed by atoms with E-state index in [2.05, 4.69) is 83.3 Å². The Bertz CT molecular complexity index is 1320. The summed E-state index contributed by atoms with van der Waals surface area (Å²) in [5, 5.41) is 2.62. The van der Waals surface area contributed by atoms with Crippen LogP contribution in [0.25, 0.3) is 25.1 Å². The van der Waals surface area contributed by atoms with E-state index in [1.165, 1.54) is 28.0 Å². The third-order valence-corrected chi connectivity index (χ3v) is 9.13. The Labute approximate surface area is 200 Å². The van der Waals surface area contributed by atoms with Crippen LogP contribution in [0.5, 0.6) is 5.75 Å². The summed E-state index contributed by atoms with van der Waals surface area (Å²) in [6.45, 7) is 0.190. The molecule has 0 aliphatic rings. The molecule has 0 atom stereocenters. The molecule has 5 rings (SSSR count). The lowest BCUT2D eigenvalue weighted by Crippen LogP contribution is -2.14. The van der Waals surface area contributed by atoms with Crippen LogP contribution in [0, 0.1) is 2.88 Å². The first kappa shape index (κ1) is 20.5. The lowest BCUT2D eigenvalue weighted by atomic mass is 10.2. The van der Waals surface area contributed by atoms with Crippen molar-refractivity contribution in [1.82, 2.24) is 0 Å². The molecule has 3 aromatic carbocycles. The zero-order valence-corrected chi connectivity index (χ0v) is 20.2. The van der Waals surface area contributed by atoms with Crippen LogP contribution in [0.15, 0.2) is 84.9 Å². The lowest BCUT2D eigenvalue weighted by molar-refractivity contribution is -0.147. The Morgan fingerprint density at radius 1 is 0.839 bits per heavy atom. The molecule has 0 N–H and O–H groups in total. The van der Waals surface area contributed by atoms with Gasteiger partial charge in [-0.15, -0.1) is 11.3 Å². The maximum absolute atomic E-state index is 12.0. The largest absolute Gasteiger partial charge is 0.482 e. The van der Waals surface area contributed by atoms with Crippen molar-refractivity contribution in [3.63, 3.8) is 0 Å². The van der Waals surface area contributed by atoms with Gasteiger partial charge in [0.05, 0.1) is 2.88 Å². The summed E-state index contributed by atoms with van der Waals surface area (Å²) in [5.41, 5.74) is 0. The van der Waals surface area contributed by atoms with Crippen LogP contribution < -0.4 is 4.74 Å². The van der Waals surface area contributed by atoms with E-state index in [1.807, 2.05) is 24.3 Å². The minimum atomic E-state index is -0.368. The molecule has 0 spiro atoms. The molecule has 154 valence electrons. The normalized spacial score (nSPS) is 11.1. The van der Waals surface area contributed by atoms with E-state index in [0.717, 1.165) is 4.88 Å². The average molecular weight is 557 g/mol. The van der Waals surface area contributed by atoms with Gasteiger partial charge in [-0.2, -0.15) is 0 Å². The summed E-state index contributed by atoms with van der Waals surface area (Å²) in [7, 11) is -0.130. The predicted molar refractivity (Wildman–Crippen MR) is 138 cm³/mol. The number of hydrogen-bond donors (Lipinski definition) is 0. The van der Waals surface area contributed by atoms with E-state index < -0.39 is 0 Å². The van der Waals surface area contributed by atoms with Crippen molar-refractivity contribution in [3.8, 4) is 10.6 Å². The van der Waals surface area contributed by atoms with Crippen LogP contribution >= 0.6 is 44.4 Å². The average Bonchev–Trinajstić information content (AvgIpc) is 3.37. The first-order chi connectivity index (χ1) is 15.2. The summed E-state index contributed by atoms with van der Waals surface area (Å²) in [4.78, 5) is 14.3. The highest BCUT2D eigenvalue weighted by molar-refractivity contribution is 14.1. The van der Waals surface area contributed by atoms with Gasteiger partial charge in [0.15, 0.2) is 20.9 Å². The van der Waals surface area contributed by atoms with Gasteiger partial charge in [0.25, 0.3) is 0 Å². The molecule has 0 aliphatic heterocycles. The first-order valence-electron chi connectivity index (χ1n) is 9.74. The van der Waals surface area contributed by atoms with E-state index >= 15 is 0 Å². The number of benzene rings is 3. The van der Waals surface area contributed by atoms with Crippen molar-refractivity contribution in [2.45, 2.75) is 6.61 Å². The molecule has 0 bridgehead atoms. The number of esters is 1. The van der Waals surface area contributed by atoms with E-state index in [9.17, 15) is 4.79 Å². The standard InChI is InChI=1S/C25H18IO3S2/c26-24-14-11-18(30-24)15-29-25(27)16-28-17-9-12-19(13-10-17)31-22-7-3-1-5-20(22)21-6-2-4-8-23(21)31/h1-14H,15-16H2/q+1. The van der Waals surface area contributed by atoms with E-state index in [-0.39, 0.29) is 29.7 Å². The van der Waals surface area contributed by atoms with Gasteiger partial charge < -0.3 is 9.47 Å². The summed E-state index contributed by atoms with van der Waals surface area (Å²) in [5.74, 6) is 0.295. The monoisotopic (exact) mass is 557 g/mol. The highest BCUT2D eigenvalue weighted by Crippen LogP contribution is 2.48. The third-order valence-electron chi connectivity index (χ3n) is 4.92. The molecule has 0 amide bonds. The fourth-order valence-corrected chi connectivity index (χ4v) is 7.59. The maximum Gasteiger partial charge on any atom is 0.344 e. The second-order valence-electron chi connectivity index (χ2n) is 6.93. The highest BCUT2D eigenvalue weighted by atomic mass is 127. The molecular formula is C25H18IO3S2+. The lowest BCUT2D eigenvalue weighted by Gasteiger charge is -2.06. The Morgan fingerprint density at radius 3 is 2.10 bits per heavy atom. The summed E-state index contributed by atoms with van der Waals surface area (Å²) >= 11 is 3.87. The zero-order chi connectivity index (χ0) is 21.2. The second kappa shape index (κ2) is 8.98. The van der Waals surface area contributed by atoms with Crippen LogP contribution in [0.2, 0.25) is 0 Å². The summed E-state index contributed by atoms with van der Waals surface area (Å²) < 4.78 is 14.8. The molecule has 0 unspecified atom stereocenters. The Hall–Kier alpha value is -2.42. The van der Waals surface area contributed by atoms with Gasteiger partial charge in [0.1, 0.15) is 12.4 Å². The van der Waals surface area contributed by atoms with Gasteiger partial charge in [0.2, 0.25) is 0 Å². The van der Waals surface area contributed by atoms with E-state index in [4.69, 9.17) is 9.47 Å². The molecule has 0 aliphatic carbocycles. The van der Waals surface area contributed by atoms with Gasteiger partial charge in [0, 0.05) is 38.3 Å². The number of rotatable bonds is 6. The summed E-state index contributed by atoms with van der Waals surface area (Å²) in [6, 6.07) is 29.2. The Balaban J connectivity index is 1.31. The van der Waals surface area contributed by atoms with Gasteiger partial charge in [-0.3, -0.25) is 0 Å². The predicted octanol–water partition coefficient (Wildman–Crippen LogP) is 7.52. The fraction of sp³-hybridized carbons (Fsp3) is 0.0800. The second-order valence-corrected chi connectivity index (χ2v) is 12.0. The Kier molecular flexibility index (Phi) is 5.93. The van der Waals surface area contributed by atoms with Crippen molar-refractivity contribution in [2.24, 2.45) is 0 Å². The molecule has 2 aromatic heterocycles. The molecular weight excluding hydrogens is 539 g/mol. The SMILES string of the molecule is O=C(COc1ccc(-[s+]2c3ccccc3c3ccccc32)cc1)OCc1ccc(I)s1. The molecule has 0 saturated heterocycles. The number of carbonyl (C=O) groups excluding carboxylic acids is 1. The number of fused-ring (bicyclic) bond motifs is 3. The zero-order valence-electron chi connectivity index (χ0n) is 16.4. The van der Waals surface area contributed by atoms with Crippen molar-refractivity contribution < 1.29 is 14.3 Å². The van der Waals surface area contributed by atoms with E-state index in [0.29, 0.717) is 5.75 Å². The van der Waals surface area contributed by atoms with Gasteiger partial charge in [-0.25, -0.2) is 4.79 Å². The minimum Gasteiger partial charge on any atom is -0.482 e. The Morgan fingerprint density at radius 2 is 1.48 bits per heavy atom. The number of carbonyl (C=O) groups is 1. The van der Waals surface area contributed by atoms with Gasteiger partial charge in [-0.1, -0.05) is 24.3 Å². The van der Waals surface area contributed by atoms with Crippen LogP contribution in [-0.2, 0) is 16.1 Å². The number of ether oxygens (including phenoxy) is 2. The van der Waals surface area contributed by atoms with Crippen molar-refractivity contribution in [2.75, 3.05) is 6.61 Å². The van der Waals surface area contributed by atoms with Crippen LogP contribution in [0.1, 0.15) is 4.88 Å². The van der Waals surface area contributed by atoms with Gasteiger partial charge in [-0.05, 0) is 71.1 Å². The molecule has 2 heterocycles. The number of halogens is 1. The first-order valence-corrected chi connectivity index (χ1v) is 12.9. The quantitative estimate of drug-likeness (QED) is 0.123. The van der Waals surface area contributed by atoms with Crippen molar-refractivity contribution in [3.05, 3.63) is 92.7 Å². The van der Waals surface area contributed by atoms with Crippen LogP contribution in [0.4, 0.5) is 0 Å². The van der Waals surface area contributed by atoms with Gasteiger partial charge >= 0.3 is 5.97 Å². The fourth-order valence-electron chi connectivity index (χ4n) is 3.54. The van der Waals surface area contributed by atoms with Crippen molar-refractivity contribution in [1.29, 1.82) is 0 Å². The maximum atomic E-state index is 12.0. The number of hydrogen-bond acceptors (Lipinski definition) is 4. The molecule has 31 heavy (non-hydrogen) atoms. The van der Waals surface area contributed by atoms with Crippen molar-refractivity contribution >= 4 is 70.5 Å². The molecule has 6 heteroatoms. The highest BCUT2D eigenvalue weighted by Gasteiger charge is 2.22.